The minimum Gasteiger partial charge on any atom is -0.422 e. The van der Waals surface area contributed by atoms with E-state index < -0.39 is 16.3 Å². The maximum absolute atomic E-state index is 11.1. The van der Waals surface area contributed by atoms with Crippen molar-refractivity contribution in [3.8, 4) is 5.75 Å². The lowest BCUT2D eigenvalue weighted by Crippen LogP contribution is -2.28. The van der Waals surface area contributed by atoms with Gasteiger partial charge in [-0.1, -0.05) is 18.2 Å². The fourth-order valence-corrected chi connectivity index (χ4v) is 1.73. The highest BCUT2D eigenvalue weighted by Gasteiger charge is 2.24. The first-order valence-corrected chi connectivity index (χ1v) is 5.01. The van der Waals surface area contributed by atoms with E-state index in [0.29, 0.717) is 11.3 Å². The second-order valence-corrected chi connectivity index (χ2v) is 3.79. The summed E-state index contributed by atoms with van der Waals surface area (Å²) in [7, 11) is -2.50. The molecule has 0 aliphatic carbocycles. The molecule has 0 spiro atoms. The topological polar surface area (TPSA) is 60.4 Å². The Bertz CT molecular complexity index is 519. The molecule has 0 bridgehead atoms. The predicted octanol–water partition coefficient (Wildman–Crippen LogP) is 0.200. The van der Waals surface area contributed by atoms with E-state index in [2.05, 4.69) is 0 Å². The quantitative estimate of drug-likeness (QED) is 0.348. The van der Waals surface area contributed by atoms with Gasteiger partial charge in [0, 0.05) is 12.0 Å². The molecule has 1 aliphatic heterocycles. The molecule has 0 N–H and O–H groups in total. The highest BCUT2D eigenvalue weighted by atomic mass is 32.2. The Hall–Kier alpha value is -1.62. The number of para-hydroxylation sites is 1. The van der Waals surface area contributed by atoms with Crippen LogP contribution in [0.5, 0.6) is 5.75 Å². The fourth-order valence-electron chi connectivity index (χ4n) is 1.28. The zero-order valence-corrected chi connectivity index (χ0v) is 7.87. The average Bonchev–Trinajstić information content (AvgIpc) is 2.16. The highest BCUT2D eigenvalue weighted by molar-refractivity contribution is 7.74. The van der Waals surface area contributed by atoms with Crippen LogP contribution in [0, 0.1) is 0 Å². The molecule has 0 saturated heterocycles. The van der Waals surface area contributed by atoms with E-state index in [1.165, 1.54) is 0 Å². The first kappa shape index (κ1) is 8.96. The highest BCUT2D eigenvalue weighted by Crippen LogP contribution is 2.22. The molecule has 0 aromatic heterocycles. The molecule has 0 atom stereocenters. The smallest absolute Gasteiger partial charge is 0.355 e. The molecular formula is C9H6O4S. The minimum absolute atomic E-state index is 0.116. The SMILES string of the molecule is O=C1Oc2ccccc2CC1=S(=O)=O. The van der Waals surface area contributed by atoms with Crippen molar-refractivity contribution in [2.75, 3.05) is 0 Å². The summed E-state index contributed by atoms with van der Waals surface area (Å²) >= 11 is 0. The maximum Gasteiger partial charge on any atom is 0.355 e. The van der Waals surface area contributed by atoms with Gasteiger partial charge in [0.1, 0.15) is 5.75 Å². The van der Waals surface area contributed by atoms with Crippen LogP contribution in [0.25, 0.3) is 0 Å². The van der Waals surface area contributed by atoms with E-state index >= 15 is 0 Å². The normalized spacial score (nSPS) is 14.6. The molecule has 0 fully saturated rings. The number of fused-ring (bicyclic) bond motifs is 1. The predicted molar refractivity (Wildman–Crippen MR) is 49.7 cm³/mol. The van der Waals surface area contributed by atoms with Crippen LogP contribution in [0.1, 0.15) is 5.56 Å². The van der Waals surface area contributed by atoms with E-state index in [-0.39, 0.29) is 11.3 Å². The summed E-state index contributed by atoms with van der Waals surface area (Å²) < 4.78 is 26.1. The molecule has 72 valence electrons. The molecule has 4 nitrogen and oxygen atoms in total. The third-order valence-corrected chi connectivity index (χ3v) is 2.67. The van der Waals surface area contributed by atoms with Gasteiger partial charge in [-0.3, -0.25) is 0 Å². The molecule has 2 rings (SSSR count). The second-order valence-electron chi connectivity index (χ2n) is 2.83. The third-order valence-electron chi connectivity index (χ3n) is 1.96. The first-order valence-electron chi connectivity index (χ1n) is 3.93. The van der Waals surface area contributed by atoms with E-state index in [1.54, 1.807) is 24.3 Å². The van der Waals surface area contributed by atoms with Gasteiger partial charge in [-0.25, -0.2) is 4.79 Å². The van der Waals surface area contributed by atoms with Crippen LogP contribution in [0.15, 0.2) is 24.3 Å². The molecule has 5 heteroatoms. The van der Waals surface area contributed by atoms with Gasteiger partial charge in [-0.05, 0) is 6.07 Å². The van der Waals surface area contributed by atoms with Crippen molar-refractivity contribution in [2.24, 2.45) is 0 Å². The number of benzene rings is 1. The molecule has 0 amide bonds. The molecule has 14 heavy (non-hydrogen) atoms. The second kappa shape index (κ2) is 3.26. The molecule has 0 saturated carbocycles. The zero-order chi connectivity index (χ0) is 10.1. The van der Waals surface area contributed by atoms with Gasteiger partial charge in [-0.15, -0.1) is 0 Å². The Morgan fingerprint density at radius 2 is 1.93 bits per heavy atom. The molecule has 1 aliphatic rings. The summed E-state index contributed by atoms with van der Waals surface area (Å²) in [6.07, 6.45) is 0.116. The van der Waals surface area contributed by atoms with Crippen LogP contribution in [0.2, 0.25) is 0 Å². The Labute approximate surface area is 81.7 Å². The third kappa shape index (κ3) is 1.42. The number of rotatable bonds is 0. The van der Waals surface area contributed by atoms with Crippen molar-refractivity contribution in [1.29, 1.82) is 0 Å². The molecule has 0 unspecified atom stereocenters. The molecule has 1 aromatic carbocycles. The van der Waals surface area contributed by atoms with Crippen LogP contribution in [-0.4, -0.2) is 19.3 Å². The molecule has 1 heterocycles. The standard InChI is InChI=1S/C9H6O4S/c10-9-8(14(11)12)5-6-3-1-2-4-7(6)13-9/h1-4H,5H2. The van der Waals surface area contributed by atoms with E-state index in [0.717, 1.165) is 0 Å². The van der Waals surface area contributed by atoms with Crippen LogP contribution < -0.4 is 4.74 Å². The number of ether oxygens (including phenoxy) is 1. The average molecular weight is 210 g/mol. The van der Waals surface area contributed by atoms with Crippen molar-refractivity contribution in [2.45, 2.75) is 6.42 Å². The van der Waals surface area contributed by atoms with Gasteiger partial charge >= 0.3 is 5.97 Å². The minimum atomic E-state index is -2.50. The zero-order valence-electron chi connectivity index (χ0n) is 7.06. The lowest BCUT2D eigenvalue weighted by Gasteiger charge is -2.14. The Kier molecular flexibility index (Phi) is 2.09. The van der Waals surface area contributed by atoms with Crippen molar-refractivity contribution in [3.05, 3.63) is 29.8 Å². The van der Waals surface area contributed by atoms with Gasteiger partial charge in [0.15, 0.2) is 4.86 Å². The van der Waals surface area contributed by atoms with Crippen LogP contribution >= 0.6 is 0 Å². The van der Waals surface area contributed by atoms with E-state index in [1.807, 2.05) is 0 Å². The van der Waals surface area contributed by atoms with Crippen molar-refractivity contribution in [1.82, 2.24) is 0 Å². The number of carbonyl (C=O) groups excluding carboxylic acids is 1. The first-order chi connectivity index (χ1) is 6.68. The Morgan fingerprint density at radius 3 is 2.64 bits per heavy atom. The monoisotopic (exact) mass is 210 g/mol. The largest absolute Gasteiger partial charge is 0.422 e. The van der Waals surface area contributed by atoms with Gasteiger partial charge in [0.2, 0.25) is 10.3 Å². The lowest BCUT2D eigenvalue weighted by atomic mass is 10.1. The van der Waals surface area contributed by atoms with Gasteiger partial charge in [-0.2, -0.15) is 8.42 Å². The Balaban J connectivity index is 2.57. The van der Waals surface area contributed by atoms with Crippen LogP contribution in [0.4, 0.5) is 0 Å². The summed E-state index contributed by atoms with van der Waals surface area (Å²) in [5.41, 5.74) is 0.714. The molecule has 0 radical (unpaired) electrons. The number of hydrogen-bond acceptors (Lipinski definition) is 4. The summed E-state index contributed by atoms with van der Waals surface area (Å²) in [4.78, 5) is 10.9. The van der Waals surface area contributed by atoms with Gasteiger partial charge < -0.3 is 4.74 Å². The molecular weight excluding hydrogens is 204 g/mol. The number of carbonyl (C=O) groups is 1. The van der Waals surface area contributed by atoms with Crippen LogP contribution in [0.3, 0.4) is 0 Å². The lowest BCUT2D eigenvalue weighted by molar-refractivity contribution is -0.127. The summed E-state index contributed by atoms with van der Waals surface area (Å²) in [6.45, 7) is 0. The van der Waals surface area contributed by atoms with Gasteiger partial charge in [0.25, 0.3) is 0 Å². The Morgan fingerprint density at radius 1 is 1.21 bits per heavy atom. The maximum atomic E-state index is 11.1. The van der Waals surface area contributed by atoms with E-state index in [9.17, 15) is 13.2 Å². The van der Waals surface area contributed by atoms with Crippen molar-refractivity contribution < 1.29 is 17.9 Å². The van der Waals surface area contributed by atoms with Crippen molar-refractivity contribution >= 4 is 21.1 Å². The van der Waals surface area contributed by atoms with E-state index in [4.69, 9.17) is 4.74 Å². The number of esters is 1. The van der Waals surface area contributed by atoms with Crippen molar-refractivity contribution in [3.63, 3.8) is 0 Å². The summed E-state index contributed by atoms with van der Waals surface area (Å²) in [6, 6.07) is 6.86. The summed E-state index contributed by atoms with van der Waals surface area (Å²) in [5.74, 6) is -0.344. The number of hydrogen-bond donors (Lipinski definition) is 0. The fraction of sp³-hybridized carbons (Fsp3) is 0.111. The molecule has 1 aromatic rings. The summed E-state index contributed by atoms with van der Waals surface area (Å²) in [5, 5.41) is 0. The van der Waals surface area contributed by atoms with Crippen LogP contribution in [-0.2, 0) is 21.5 Å². The van der Waals surface area contributed by atoms with Gasteiger partial charge in [0.05, 0.1) is 0 Å².